The van der Waals surface area contributed by atoms with E-state index in [4.69, 9.17) is 9.72 Å². The average Bonchev–Trinajstić information content (AvgIpc) is 3.27. The molecule has 0 spiro atoms. The van der Waals surface area contributed by atoms with Crippen LogP contribution in [0.5, 0.6) is 0 Å². The van der Waals surface area contributed by atoms with Gasteiger partial charge in [0.1, 0.15) is 0 Å². The van der Waals surface area contributed by atoms with E-state index in [1.807, 2.05) is 29.2 Å². The van der Waals surface area contributed by atoms with Crippen molar-refractivity contribution in [2.24, 2.45) is 0 Å². The van der Waals surface area contributed by atoms with Gasteiger partial charge in [-0.05, 0) is 50.7 Å². The SMILES string of the molecule is CC[C@H]1CCCCN1C(=O)CSc1nc2ccccc2c(=O)n1C[C@@H]1CCCO1. The van der Waals surface area contributed by atoms with Gasteiger partial charge in [0.25, 0.3) is 5.56 Å². The highest BCUT2D eigenvalue weighted by molar-refractivity contribution is 7.99. The van der Waals surface area contributed by atoms with E-state index >= 15 is 0 Å². The fraction of sp³-hybridized carbons (Fsp3) is 0.591. The number of carbonyl (C=O) groups is 1. The summed E-state index contributed by atoms with van der Waals surface area (Å²) < 4.78 is 7.47. The predicted octanol–water partition coefficient (Wildman–Crippen LogP) is 3.46. The summed E-state index contributed by atoms with van der Waals surface area (Å²) in [7, 11) is 0. The normalized spacial score (nSPS) is 22.3. The van der Waals surface area contributed by atoms with Crippen LogP contribution in [0.3, 0.4) is 0 Å². The van der Waals surface area contributed by atoms with Crippen molar-refractivity contribution in [1.82, 2.24) is 14.5 Å². The van der Waals surface area contributed by atoms with Crippen molar-refractivity contribution in [2.45, 2.75) is 69.3 Å². The highest BCUT2D eigenvalue weighted by Gasteiger charge is 2.26. The molecule has 1 aromatic heterocycles. The first kappa shape index (κ1) is 20.4. The molecule has 29 heavy (non-hydrogen) atoms. The van der Waals surface area contributed by atoms with Crippen LogP contribution in [0.15, 0.2) is 34.2 Å². The lowest BCUT2D eigenvalue weighted by molar-refractivity contribution is -0.132. The van der Waals surface area contributed by atoms with Crippen molar-refractivity contribution in [3.8, 4) is 0 Å². The molecule has 2 atom stereocenters. The summed E-state index contributed by atoms with van der Waals surface area (Å²) in [6.07, 6.45) is 6.37. The number of piperidine rings is 1. The quantitative estimate of drug-likeness (QED) is 0.534. The van der Waals surface area contributed by atoms with Gasteiger partial charge in [-0.2, -0.15) is 0 Å². The maximum atomic E-state index is 13.1. The van der Waals surface area contributed by atoms with Crippen molar-refractivity contribution in [1.29, 1.82) is 0 Å². The minimum Gasteiger partial charge on any atom is -0.376 e. The first-order valence-electron chi connectivity index (χ1n) is 10.7. The third kappa shape index (κ3) is 4.51. The van der Waals surface area contributed by atoms with Crippen LogP contribution in [-0.2, 0) is 16.1 Å². The largest absolute Gasteiger partial charge is 0.376 e. The van der Waals surface area contributed by atoms with Gasteiger partial charge in [0.05, 0.1) is 29.3 Å². The van der Waals surface area contributed by atoms with Crippen LogP contribution in [0.1, 0.15) is 45.4 Å². The highest BCUT2D eigenvalue weighted by Crippen LogP contribution is 2.24. The standard InChI is InChI=1S/C22H29N3O3S/c1-2-16-8-5-6-12-24(16)20(26)15-29-22-23-19-11-4-3-10-18(19)21(27)25(22)14-17-9-7-13-28-17/h3-4,10-11,16-17H,2,5-9,12-15H2,1H3/t16-,17-/m0/s1. The zero-order valence-corrected chi connectivity index (χ0v) is 17.8. The lowest BCUT2D eigenvalue weighted by atomic mass is 10.0. The molecule has 2 aromatic rings. The van der Waals surface area contributed by atoms with Gasteiger partial charge in [-0.25, -0.2) is 4.98 Å². The Labute approximate surface area is 175 Å². The molecule has 0 bridgehead atoms. The number of rotatable bonds is 6. The summed E-state index contributed by atoms with van der Waals surface area (Å²) in [5.41, 5.74) is 0.630. The van der Waals surface area contributed by atoms with Crippen LogP contribution in [-0.4, -0.2) is 51.4 Å². The molecule has 2 aliphatic rings. The van der Waals surface area contributed by atoms with Gasteiger partial charge < -0.3 is 9.64 Å². The molecule has 6 nitrogen and oxygen atoms in total. The first-order valence-corrected chi connectivity index (χ1v) is 11.7. The summed E-state index contributed by atoms with van der Waals surface area (Å²) in [6.45, 7) is 4.22. The van der Waals surface area contributed by atoms with Gasteiger partial charge in [-0.3, -0.25) is 14.2 Å². The predicted molar refractivity (Wildman–Crippen MR) is 115 cm³/mol. The van der Waals surface area contributed by atoms with Gasteiger partial charge in [0.15, 0.2) is 5.16 Å². The van der Waals surface area contributed by atoms with Crippen molar-refractivity contribution >= 4 is 28.6 Å². The van der Waals surface area contributed by atoms with E-state index in [2.05, 4.69) is 6.92 Å². The highest BCUT2D eigenvalue weighted by atomic mass is 32.2. The van der Waals surface area contributed by atoms with Gasteiger partial charge in [0, 0.05) is 19.2 Å². The number of nitrogens with zero attached hydrogens (tertiary/aromatic N) is 3. The van der Waals surface area contributed by atoms with E-state index in [-0.39, 0.29) is 17.6 Å². The van der Waals surface area contributed by atoms with E-state index in [0.717, 1.165) is 45.3 Å². The van der Waals surface area contributed by atoms with Gasteiger partial charge in [-0.1, -0.05) is 30.8 Å². The number of para-hydroxylation sites is 1. The average molecular weight is 416 g/mol. The molecular formula is C22H29N3O3S. The molecule has 0 radical (unpaired) electrons. The Kier molecular flexibility index (Phi) is 6.55. The van der Waals surface area contributed by atoms with Crippen molar-refractivity contribution in [3.63, 3.8) is 0 Å². The molecule has 0 N–H and O–H groups in total. The molecule has 0 aliphatic carbocycles. The second kappa shape index (κ2) is 9.30. The Balaban J connectivity index is 1.58. The number of carbonyl (C=O) groups excluding carboxylic acids is 1. The van der Waals surface area contributed by atoms with Crippen LogP contribution < -0.4 is 5.56 Å². The Bertz CT molecular complexity index is 923. The Morgan fingerprint density at radius 3 is 2.90 bits per heavy atom. The Morgan fingerprint density at radius 2 is 2.10 bits per heavy atom. The fourth-order valence-corrected chi connectivity index (χ4v) is 5.27. The molecule has 7 heteroatoms. The third-order valence-electron chi connectivity index (χ3n) is 5.98. The number of fused-ring (bicyclic) bond motifs is 1. The number of thioether (sulfide) groups is 1. The minimum absolute atomic E-state index is 0.0391. The van der Waals surface area contributed by atoms with Crippen LogP contribution >= 0.6 is 11.8 Å². The first-order chi connectivity index (χ1) is 14.2. The maximum absolute atomic E-state index is 13.1. The van der Waals surface area contributed by atoms with Gasteiger partial charge >= 0.3 is 0 Å². The molecule has 2 saturated heterocycles. The molecule has 2 aliphatic heterocycles. The lowest BCUT2D eigenvalue weighted by Gasteiger charge is -2.35. The zero-order chi connectivity index (χ0) is 20.2. The summed E-state index contributed by atoms with van der Waals surface area (Å²) >= 11 is 1.38. The number of hydrogen-bond acceptors (Lipinski definition) is 5. The second-order valence-corrected chi connectivity index (χ2v) is 8.84. The van der Waals surface area contributed by atoms with Gasteiger partial charge in [0.2, 0.25) is 5.91 Å². The lowest BCUT2D eigenvalue weighted by Crippen LogP contribution is -2.44. The van der Waals surface area contributed by atoms with Crippen LogP contribution in [0.25, 0.3) is 10.9 Å². The molecule has 1 aromatic carbocycles. The van der Waals surface area contributed by atoms with E-state index in [1.54, 1.807) is 4.57 Å². The van der Waals surface area contributed by atoms with Crippen LogP contribution in [0.2, 0.25) is 0 Å². The van der Waals surface area contributed by atoms with E-state index < -0.39 is 0 Å². The minimum atomic E-state index is -0.0505. The molecule has 4 rings (SSSR count). The maximum Gasteiger partial charge on any atom is 0.262 e. The zero-order valence-electron chi connectivity index (χ0n) is 17.0. The number of likely N-dealkylation sites (tertiary alicyclic amines) is 1. The van der Waals surface area contributed by atoms with Crippen LogP contribution in [0, 0.1) is 0 Å². The monoisotopic (exact) mass is 415 g/mol. The van der Waals surface area contributed by atoms with Crippen molar-refractivity contribution in [2.75, 3.05) is 18.9 Å². The molecule has 156 valence electrons. The summed E-state index contributed by atoms with van der Waals surface area (Å²) in [5.74, 6) is 0.458. The molecule has 0 saturated carbocycles. The smallest absolute Gasteiger partial charge is 0.262 e. The summed E-state index contributed by atoms with van der Waals surface area (Å²) in [4.78, 5) is 32.8. The molecule has 0 unspecified atom stereocenters. The number of aromatic nitrogens is 2. The number of benzene rings is 1. The van der Waals surface area contributed by atoms with Gasteiger partial charge in [-0.15, -0.1) is 0 Å². The molecule has 1 amide bonds. The van der Waals surface area contributed by atoms with Crippen molar-refractivity contribution in [3.05, 3.63) is 34.6 Å². The molecule has 2 fully saturated rings. The molecular weight excluding hydrogens is 386 g/mol. The van der Waals surface area contributed by atoms with E-state index in [0.29, 0.717) is 34.4 Å². The number of hydrogen-bond donors (Lipinski definition) is 0. The van der Waals surface area contributed by atoms with Crippen LogP contribution in [0.4, 0.5) is 0 Å². The van der Waals surface area contributed by atoms with Crippen molar-refractivity contribution < 1.29 is 9.53 Å². The van der Waals surface area contributed by atoms with E-state index in [1.165, 1.54) is 18.2 Å². The number of ether oxygens (including phenoxy) is 1. The summed E-state index contributed by atoms with van der Waals surface area (Å²) in [5, 5.41) is 1.23. The molecule has 3 heterocycles. The van der Waals surface area contributed by atoms with E-state index in [9.17, 15) is 9.59 Å². The topological polar surface area (TPSA) is 64.4 Å². The Morgan fingerprint density at radius 1 is 1.24 bits per heavy atom. The fourth-order valence-electron chi connectivity index (χ4n) is 4.37. The second-order valence-electron chi connectivity index (χ2n) is 7.90. The third-order valence-corrected chi connectivity index (χ3v) is 6.94. The Hall–Kier alpha value is -1.86. The number of amides is 1. The summed E-state index contributed by atoms with van der Waals surface area (Å²) in [6, 6.07) is 7.76.